The molecule has 2 aliphatic heterocycles. The molecule has 1 unspecified atom stereocenters. The molecule has 4 heterocycles. The Morgan fingerprint density at radius 2 is 1.79 bits per heavy atom. The molecule has 0 bridgehead atoms. The summed E-state index contributed by atoms with van der Waals surface area (Å²) < 4.78 is 3.26. The van der Waals surface area contributed by atoms with Crippen molar-refractivity contribution in [1.29, 1.82) is 0 Å². The Morgan fingerprint density at radius 3 is 2.48 bits per heavy atom. The van der Waals surface area contributed by atoms with Crippen LogP contribution >= 0.6 is 34.9 Å². The smallest absolute Gasteiger partial charge is 0.291 e. The van der Waals surface area contributed by atoms with Gasteiger partial charge in [0.25, 0.3) is 17.6 Å². The van der Waals surface area contributed by atoms with E-state index < -0.39 is 0 Å². The van der Waals surface area contributed by atoms with E-state index in [1.807, 2.05) is 29.0 Å². The summed E-state index contributed by atoms with van der Waals surface area (Å²) in [6, 6.07) is 17.2. The van der Waals surface area contributed by atoms with E-state index in [2.05, 4.69) is 23.7 Å². The first-order chi connectivity index (χ1) is 15.6. The molecule has 2 aliphatic rings. The maximum atomic E-state index is 13.0. The molecule has 1 N–H and O–H groups in total. The zero-order chi connectivity index (χ0) is 21.8. The number of benzene rings is 2. The van der Waals surface area contributed by atoms with Gasteiger partial charge in [-0.25, -0.2) is 14.5 Å². The number of para-hydroxylation sites is 1. The number of aromatic nitrogens is 2. The van der Waals surface area contributed by atoms with Crippen LogP contribution in [0.1, 0.15) is 20.7 Å². The van der Waals surface area contributed by atoms with Gasteiger partial charge in [0, 0.05) is 0 Å². The van der Waals surface area contributed by atoms with E-state index in [1.54, 1.807) is 59.1 Å². The van der Waals surface area contributed by atoms with E-state index in [0.717, 1.165) is 31.5 Å². The standard InChI is InChI=1S/C23H16N4O2S3.BrH/c1-30-23-25-19-18(32-23)10-13(20-24-16-8-4-5-9-17(16)31-20)11-26(19)12-27-21(28)14-6-2-3-7-15(14)22(27)29;/h2-11,23H,12H2,1H3;1H. The van der Waals surface area contributed by atoms with Crippen molar-refractivity contribution in [1.82, 2.24) is 9.88 Å². The van der Waals surface area contributed by atoms with Crippen molar-refractivity contribution in [2.24, 2.45) is 0 Å². The van der Waals surface area contributed by atoms with E-state index in [0.29, 0.717) is 11.1 Å². The Balaban J connectivity index is 0.00000228. The molecule has 33 heavy (non-hydrogen) atoms. The molecule has 2 aromatic heterocycles. The van der Waals surface area contributed by atoms with Gasteiger partial charge in [0.2, 0.25) is 0 Å². The molecule has 2 aromatic carbocycles. The summed E-state index contributed by atoms with van der Waals surface area (Å²) in [4.78, 5) is 33.1. The first-order valence-electron chi connectivity index (χ1n) is 9.97. The van der Waals surface area contributed by atoms with Crippen LogP contribution in [-0.4, -0.2) is 32.7 Å². The molecule has 10 heteroatoms. The van der Waals surface area contributed by atoms with Gasteiger partial charge in [-0.2, -0.15) is 0 Å². The molecule has 0 spiro atoms. The highest BCUT2D eigenvalue weighted by Gasteiger charge is 2.39. The highest BCUT2D eigenvalue weighted by Crippen LogP contribution is 2.42. The van der Waals surface area contributed by atoms with Crippen LogP contribution in [-0.2, 0) is 6.67 Å². The molecule has 2 amide bonds. The number of nitrogens with one attached hydrogen (secondary N) is 1. The second-order valence-electron chi connectivity index (χ2n) is 7.45. The molecule has 6 nitrogen and oxygen atoms in total. The largest absolute Gasteiger partial charge is 1.00 e. The highest BCUT2D eigenvalue weighted by molar-refractivity contribution is 8.17. The Bertz CT molecular complexity index is 1360. The summed E-state index contributed by atoms with van der Waals surface area (Å²) >= 11 is 5.09. The molecule has 0 saturated carbocycles. The molecule has 0 fully saturated rings. The number of nitrogens with zero attached hydrogens (tertiary/aromatic N) is 3. The van der Waals surface area contributed by atoms with Gasteiger partial charge in [-0.15, -0.1) is 23.1 Å². The lowest BCUT2D eigenvalue weighted by atomic mass is 10.1. The zero-order valence-electron chi connectivity index (χ0n) is 17.3. The minimum absolute atomic E-state index is 0. The summed E-state index contributed by atoms with van der Waals surface area (Å²) in [5.41, 5.74) is 2.85. The van der Waals surface area contributed by atoms with Gasteiger partial charge in [0.15, 0.2) is 11.4 Å². The van der Waals surface area contributed by atoms with Crippen molar-refractivity contribution >= 4 is 62.7 Å². The second kappa shape index (κ2) is 8.75. The van der Waals surface area contributed by atoms with Gasteiger partial charge in [0.05, 0.1) is 26.9 Å². The summed E-state index contributed by atoms with van der Waals surface area (Å²) in [7, 11) is 0. The summed E-state index contributed by atoms with van der Waals surface area (Å²) in [6.45, 7) is 0.141. The quantitative estimate of drug-likeness (QED) is 0.305. The maximum Gasteiger partial charge on any atom is 0.291 e. The number of carbonyl (C=O) groups is 2. The van der Waals surface area contributed by atoms with E-state index >= 15 is 0 Å². The Labute approximate surface area is 213 Å². The fraction of sp³-hybridized carbons (Fsp3) is 0.130. The number of amides is 2. The fourth-order valence-electron chi connectivity index (χ4n) is 3.97. The Kier molecular flexibility index (Phi) is 5.94. The minimum Gasteiger partial charge on any atom is -1.00 e. The number of rotatable bonds is 4. The number of halogens is 1. The van der Waals surface area contributed by atoms with Gasteiger partial charge in [0.1, 0.15) is 16.1 Å². The predicted octanol–water partition coefficient (Wildman–Crippen LogP) is 1.67. The van der Waals surface area contributed by atoms with Gasteiger partial charge < -0.3 is 17.0 Å². The monoisotopic (exact) mass is 556 g/mol. The molecule has 4 aromatic rings. The molecule has 1 atom stereocenters. The van der Waals surface area contributed by atoms with Crippen LogP contribution in [0.5, 0.6) is 0 Å². The van der Waals surface area contributed by atoms with Crippen LogP contribution in [0.2, 0.25) is 0 Å². The number of imide groups is 1. The number of thioether (sulfide) groups is 2. The van der Waals surface area contributed by atoms with Gasteiger partial charge in [-0.3, -0.25) is 14.9 Å². The number of thiazole rings is 1. The van der Waals surface area contributed by atoms with Crippen molar-refractivity contribution in [3.05, 3.63) is 71.9 Å². The minimum atomic E-state index is -0.260. The van der Waals surface area contributed by atoms with Crippen molar-refractivity contribution in [3.8, 4) is 10.6 Å². The summed E-state index contributed by atoms with van der Waals surface area (Å²) in [6.07, 6.45) is 4.04. The third kappa shape index (κ3) is 3.74. The first kappa shape index (κ1) is 22.4. The topological polar surface area (TPSA) is 66.2 Å². The van der Waals surface area contributed by atoms with E-state index in [4.69, 9.17) is 4.98 Å². The molecule has 0 saturated heterocycles. The summed E-state index contributed by atoms with van der Waals surface area (Å²) in [5, 5.41) is 4.42. The highest BCUT2D eigenvalue weighted by atomic mass is 79.9. The van der Waals surface area contributed by atoms with Crippen molar-refractivity contribution in [2.75, 3.05) is 11.6 Å². The maximum absolute atomic E-state index is 13.0. The SMILES string of the molecule is CSC1Nc2c(cc(-c3nc4ccccc4s3)c[n+]2CN2C(=O)c3ccccc3C2=O)S1.[Br-]. The van der Waals surface area contributed by atoms with Crippen LogP contribution in [0.4, 0.5) is 5.82 Å². The van der Waals surface area contributed by atoms with E-state index in [-0.39, 0.29) is 40.2 Å². The number of fused-ring (bicyclic) bond motifs is 3. The number of hydrogen-bond acceptors (Lipinski definition) is 7. The van der Waals surface area contributed by atoms with Gasteiger partial charge >= 0.3 is 0 Å². The van der Waals surface area contributed by atoms with Gasteiger partial charge in [-0.05, 0) is 36.6 Å². The third-order valence-electron chi connectivity index (χ3n) is 5.52. The normalized spacial score (nSPS) is 16.5. The molecule has 0 aliphatic carbocycles. The number of pyridine rings is 1. The lowest BCUT2D eigenvalue weighted by Gasteiger charge is -2.15. The first-order valence-corrected chi connectivity index (χ1v) is 13.0. The van der Waals surface area contributed by atoms with Crippen molar-refractivity contribution in [3.63, 3.8) is 0 Å². The lowest BCUT2D eigenvalue weighted by Crippen LogP contribution is -3.00. The van der Waals surface area contributed by atoms with Crippen LogP contribution in [0.3, 0.4) is 0 Å². The molecule has 0 radical (unpaired) electrons. The molecular formula is C23H17BrN4O2S3. The Hall–Kier alpha value is -2.40. The van der Waals surface area contributed by atoms with Crippen molar-refractivity contribution < 1.29 is 31.1 Å². The van der Waals surface area contributed by atoms with Crippen LogP contribution in [0, 0.1) is 0 Å². The van der Waals surface area contributed by atoms with Crippen molar-refractivity contribution in [2.45, 2.75) is 16.3 Å². The average Bonchev–Trinajstić information content (AvgIpc) is 3.50. The Morgan fingerprint density at radius 1 is 1.09 bits per heavy atom. The van der Waals surface area contributed by atoms with E-state index in [9.17, 15) is 9.59 Å². The predicted molar refractivity (Wildman–Crippen MR) is 129 cm³/mol. The van der Waals surface area contributed by atoms with Gasteiger partial charge in [-0.1, -0.05) is 36.0 Å². The van der Waals surface area contributed by atoms with Crippen LogP contribution in [0.25, 0.3) is 20.8 Å². The number of hydrogen-bond donors (Lipinski definition) is 1. The number of carbonyl (C=O) groups excluding carboxylic acids is 2. The van der Waals surface area contributed by atoms with Crippen LogP contribution in [0.15, 0.2) is 65.7 Å². The zero-order valence-corrected chi connectivity index (χ0v) is 21.4. The third-order valence-corrected chi connectivity index (χ3v) is 8.91. The molecular weight excluding hydrogens is 540 g/mol. The number of anilines is 1. The fourth-order valence-corrected chi connectivity index (χ4v) is 6.73. The second-order valence-corrected chi connectivity index (χ2v) is 10.9. The average molecular weight is 558 g/mol. The molecule has 166 valence electrons. The van der Waals surface area contributed by atoms with E-state index in [1.165, 1.54) is 4.90 Å². The molecule has 6 rings (SSSR count). The summed E-state index contributed by atoms with van der Waals surface area (Å²) in [5.74, 6) is 0.393. The van der Waals surface area contributed by atoms with Crippen LogP contribution < -0.4 is 26.9 Å². The lowest BCUT2D eigenvalue weighted by molar-refractivity contribution is -0.696.